The molecule has 1 heterocycles. The summed E-state index contributed by atoms with van der Waals surface area (Å²) < 4.78 is 30.7. The van der Waals surface area contributed by atoms with Crippen molar-refractivity contribution in [3.63, 3.8) is 0 Å². The van der Waals surface area contributed by atoms with Crippen molar-refractivity contribution in [3.8, 4) is 5.75 Å². The van der Waals surface area contributed by atoms with Gasteiger partial charge < -0.3 is 10.1 Å². The third-order valence-corrected chi connectivity index (χ3v) is 3.00. The molecule has 0 fully saturated rings. The van der Waals surface area contributed by atoms with Crippen molar-refractivity contribution in [2.45, 2.75) is 27.0 Å². The second kappa shape index (κ2) is 6.34. The van der Waals surface area contributed by atoms with Crippen LogP contribution in [0.25, 0.3) is 0 Å². The fraction of sp³-hybridized carbons (Fsp3) is 0.286. The Kier molecular flexibility index (Phi) is 4.52. The van der Waals surface area contributed by atoms with Gasteiger partial charge in [0.05, 0.1) is 23.1 Å². The Morgan fingerprint density at radius 3 is 2.76 bits per heavy atom. The van der Waals surface area contributed by atoms with Crippen molar-refractivity contribution in [1.29, 1.82) is 0 Å². The molecule has 2 rings (SSSR count). The molecule has 1 aromatic heterocycles. The highest BCUT2D eigenvalue weighted by atomic mass is 19.3. The number of hydrogen-bond donors (Lipinski definition) is 1. The smallest absolute Gasteiger partial charge is 0.387 e. The normalized spacial score (nSPS) is 10.7. The lowest BCUT2D eigenvalue weighted by Crippen LogP contribution is -2.15. The molecule has 2 aromatic rings. The van der Waals surface area contributed by atoms with E-state index in [1.807, 2.05) is 13.8 Å². The summed E-state index contributed by atoms with van der Waals surface area (Å²) in [5.74, 6) is -0.685. The minimum atomic E-state index is -2.98. The van der Waals surface area contributed by atoms with Crippen molar-refractivity contribution in [2.75, 3.05) is 5.32 Å². The minimum Gasteiger partial charge on any atom is -0.434 e. The highest BCUT2D eigenvalue weighted by molar-refractivity contribution is 6.06. The van der Waals surface area contributed by atoms with Gasteiger partial charge in [-0.3, -0.25) is 9.48 Å². The molecule has 1 N–H and O–H groups in total. The molecule has 7 heteroatoms. The van der Waals surface area contributed by atoms with E-state index in [0.717, 1.165) is 5.69 Å². The molecule has 0 atom stereocenters. The van der Waals surface area contributed by atoms with Crippen molar-refractivity contribution < 1.29 is 18.3 Å². The number of anilines is 1. The Labute approximate surface area is 120 Å². The third-order valence-electron chi connectivity index (χ3n) is 3.00. The molecule has 0 unspecified atom stereocenters. The van der Waals surface area contributed by atoms with Gasteiger partial charge in [-0.25, -0.2) is 0 Å². The molecule has 21 heavy (non-hydrogen) atoms. The molecule has 0 bridgehead atoms. The number of alkyl halides is 2. The molecular formula is C14H15F2N3O2. The first-order valence-electron chi connectivity index (χ1n) is 6.40. The lowest BCUT2D eigenvalue weighted by molar-refractivity contribution is -0.0501. The van der Waals surface area contributed by atoms with Crippen LogP contribution < -0.4 is 10.1 Å². The molecule has 1 aromatic carbocycles. The average Bonchev–Trinajstić information content (AvgIpc) is 2.79. The molecule has 0 radical (unpaired) electrons. The van der Waals surface area contributed by atoms with Crippen molar-refractivity contribution in [2.24, 2.45) is 0 Å². The summed E-state index contributed by atoms with van der Waals surface area (Å²) in [6.45, 7) is 1.43. The van der Waals surface area contributed by atoms with Gasteiger partial charge in [0.15, 0.2) is 0 Å². The lowest BCUT2D eigenvalue weighted by atomic mass is 10.2. The summed E-state index contributed by atoms with van der Waals surface area (Å²) in [5.41, 5.74) is 1.37. The number of ether oxygens (including phenoxy) is 1. The van der Waals surface area contributed by atoms with Crippen LogP contribution in [0.5, 0.6) is 5.75 Å². The zero-order valence-corrected chi connectivity index (χ0v) is 11.6. The number of halogens is 2. The molecule has 0 saturated carbocycles. The lowest BCUT2D eigenvalue weighted by Gasteiger charge is -2.10. The minimum absolute atomic E-state index is 0.0430. The van der Waals surface area contributed by atoms with Crippen LogP contribution >= 0.6 is 0 Å². The number of nitrogens with one attached hydrogen (secondary N) is 1. The number of aromatic nitrogens is 2. The summed E-state index contributed by atoms with van der Waals surface area (Å²) in [4.78, 5) is 12.2. The zero-order chi connectivity index (χ0) is 15.4. The summed E-state index contributed by atoms with van der Waals surface area (Å²) in [7, 11) is 0. The topological polar surface area (TPSA) is 56.2 Å². The number of benzene rings is 1. The molecule has 112 valence electrons. The molecule has 5 nitrogen and oxygen atoms in total. The Bertz CT molecular complexity index is 641. The van der Waals surface area contributed by atoms with E-state index >= 15 is 0 Å². The summed E-state index contributed by atoms with van der Waals surface area (Å²) in [6.07, 6.45) is 1.52. The number of carbonyl (C=O) groups excluding carboxylic acids is 1. The van der Waals surface area contributed by atoms with Gasteiger partial charge in [-0.05, 0) is 26.0 Å². The van der Waals surface area contributed by atoms with Crippen LogP contribution in [0.3, 0.4) is 0 Å². The molecular weight excluding hydrogens is 280 g/mol. The summed E-state index contributed by atoms with van der Waals surface area (Å²) >= 11 is 0. The van der Waals surface area contributed by atoms with E-state index in [2.05, 4.69) is 15.2 Å². The van der Waals surface area contributed by atoms with Crippen molar-refractivity contribution in [3.05, 3.63) is 41.7 Å². The van der Waals surface area contributed by atoms with Crippen LogP contribution in [0.15, 0.2) is 30.5 Å². The van der Waals surface area contributed by atoms with Crippen LogP contribution in [-0.4, -0.2) is 22.3 Å². The number of para-hydroxylation sites is 1. The van der Waals surface area contributed by atoms with Gasteiger partial charge in [-0.15, -0.1) is 0 Å². The van der Waals surface area contributed by atoms with Gasteiger partial charge >= 0.3 is 6.61 Å². The fourth-order valence-corrected chi connectivity index (χ4v) is 1.93. The second-order valence-electron chi connectivity index (χ2n) is 4.29. The monoisotopic (exact) mass is 295 g/mol. The van der Waals surface area contributed by atoms with Crippen molar-refractivity contribution >= 4 is 11.6 Å². The predicted octanol–water partition coefficient (Wildman–Crippen LogP) is 3.07. The zero-order valence-electron chi connectivity index (χ0n) is 11.6. The van der Waals surface area contributed by atoms with Gasteiger partial charge in [-0.1, -0.05) is 12.1 Å². The molecule has 1 amide bonds. The fourth-order valence-electron chi connectivity index (χ4n) is 1.93. The Balaban J connectivity index is 2.22. The number of carbonyl (C=O) groups is 1. The first-order valence-corrected chi connectivity index (χ1v) is 6.40. The molecule has 0 aliphatic rings. The summed E-state index contributed by atoms with van der Waals surface area (Å²) in [6, 6.07) is 5.85. The van der Waals surface area contributed by atoms with E-state index in [9.17, 15) is 13.6 Å². The number of nitrogens with zero attached hydrogens (tertiary/aromatic N) is 2. The van der Waals surface area contributed by atoms with Crippen LogP contribution in [0.1, 0.15) is 23.0 Å². The van der Waals surface area contributed by atoms with Gasteiger partial charge in [-0.2, -0.15) is 13.9 Å². The maximum absolute atomic E-state index is 12.3. The van der Waals surface area contributed by atoms with Gasteiger partial charge in [0.1, 0.15) is 5.75 Å². The predicted molar refractivity (Wildman–Crippen MR) is 73.7 cm³/mol. The number of amides is 1. The van der Waals surface area contributed by atoms with E-state index in [1.165, 1.54) is 24.4 Å². The summed E-state index contributed by atoms with van der Waals surface area (Å²) in [5, 5.41) is 6.75. The Morgan fingerprint density at radius 1 is 1.43 bits per heavy atom. The maximum Gasteiger partial charge on any atom is 0.387 e. The molecule has 0 saturated heterocycles. The maximum atomic E-state index is 12.3. The highest BCUT2D eigenvalue weighted by Gasteiger charge is 2.17. The van der Waals surface area contributed by atoms with Crippen LogP contribution in [0, 0.1) is 6.92 Å². The van der Waals surface area contributed by atoms with E-state index in [0.29, 0.717) is 12.2 Å². The van der Waals surface area contributed by atoms with E-state index in [4.69, 9.17) is 0 Å². The van der Waals surface area contributed by atoms with Gasteiger partial charge in [0.2, 0.25) is 0 Å². The van der Waals surface area contributed by atoms with Gasteiger partial charge in [0, 0.05) is 6.54 Å². The standard InChI is InChI=1S/C14H15F2N3O2/c1-3-19-9(2)11(8-17-19)18-13(20)10-6-4-5-7-12(10)21-14(15)16/h4-8,14H,3H2,1-2H3,(H,18,20). The first kappa shape index (κ1) is 15.0. The molecule has 0 aliphatic carbocycles. The number of hydrogen-bond acceptors (Lipinski definition) is 3. The second-order valence-corrected chi connectivity index (χ2v) is 4.29. The van der Waals surface area contributed by atoms with Crippen molar-refractivity contribution in [1.82, 2.24) is 9.78 Å². The van der Waals surface area contributed by atoms with Gasteiger partial charge in [0.25, 0.3) is 5.91 Å². The first-order chi connectivity index (χ1) is 10.0. The van der Waals surface area contributed by atoms with Crippen LogP contribution in [-0.2, 0) is 6.54 Å². The molecule has 0 spiro atoms. The number of aryl methyl sites for hydroxylation is 1. The van der Waals surface area contributed by atoms with E-state index in [1.54, 1.807) is 10.7 Å². The largest absolute Gasteiger partial charge is 0.434 e. The number of rotatable bonds is 5. The quantitative estimate of drug-likeness (QED) is 0.922. The molecule has 0 aliphatic heterocycles. The Hall–Kier alpha value is -2.44. The van der Waals surface area contributed by atoms with Crippen LogP contribution in [0.2, 0.25) is 0 Å². The van der Waals surface area contributed by atoms with E-state index in [-0.39, 0.29) is 11.3 Å². The average molecular weight is 295 g/mol. The Morgan fingerprint density at radius 2 is 2.14 bits per heavy atom. The van der Waals surface area contributed by atoms with Crippen LogP contribution in [0.4, 0.5) is 14.5 Å². The highest BCUT2D eigenvalue weighted by Crippen LogP contribution is 2.22. The SMILES string of the molecule is CCn1ncc(NC(=O)c2ccccc2OC(F)F)c1C. The van der Waals surface area contributed by atoms with E-state index < -0.39 is 12.5 Å². The third kappa shape index (κ3) is 3.36.